The van der Waals surface area contributed by atoms with Crippen LogP contribution in [0.3, 0.4) is 0 Å². The average molecular weight is 472 g/mol. The zero-order chi connectivity index (χ0) is 25.0. The van der Waals surface area contributed by atoms with Gasteiger partial charge in [-0.15, -0.1) is 0 Å². The van der Waals surface area contributed by atoms with E-state index in [1.807, 2.05) is 30.3 Å². The molecule has 0 aromatic heterocycles. The van der Waals surface area contributed by atoms with Crippen molar-refractivity contribution in [3.05, 3.63) is 107 Å². The Kier molecular flexibility index (Phi) is 8.90. The number of carbonyl (C=O) groups is 4. The summed E-state index contributed by atoms with van der Waals surface area (Å²) in [6.45, 7) is 0.994. The maximum Gasteiger partial charge on any atom is 0.325 e. The van der Waals surface area contributed by atoms with Crippen molar-refractivity contribution in [2.45, 2.75) is 13.5 Å². The second kappa shape index (κ2) is 12.5. The molecule has 0 radical (unpaired) electrons. The third kappa shape index (κ3) is 8.29. The summed E-state index contributed by atoms with van der Waals surface area (Å²) in [7, 11) is 0. The van der Waals surface area contributed by atoms with Crippen molar-refractivity contribution in [3.63, 3.8) is 0 Å². The van der Waals surface area contributed by atoms with Gasteiger partial charge in [0.05, 0.1) is 0 Å². The minimum Gasteiger partial charge on any atom is -0.460 e. The maximum atomic E-state index is 12.8. The zero-order valence-electron chi connectivity index (χ0n) is 19.0. The first-order chi connectivity index (χ1) is 16.9. The molecule has 0 heterocycles. The van der Waals surface area contributed by atoms with Crippen LogP contribution in [0.5, 0.6) is 5.75 Å². The summed E-state index contributed by atoms with van der Waals surface area (Å²) in [6, 6.07) is 23.9. The van der Waals surface area contributed by atoms with Crippen LogP contribution in [0.4, 0.5) is 0 Å². The molecule has 0 aliphatic rings. The van der Waals surface area contributed by atoms with E-state index < -0.39 is 23.8 Å². The van der Waals surface area contributed by atoms with Gasteiger partial charge in [-0.2, -0.15) is 0 Å². The van der Waals surface area contributed by atoms with Gasteiger partial charge in [0.1, 0.15) is 24.6 Å². The molecule has 0 atom stereocenters. The second-order valence-corrected chi connectivity index (χ2v) is 7.37. The summed E-state index contributed by atoms with van der Waals surface area (Å²) in [5.74, 6) is -1.90. The van der Waals surface area contributed by atoms with Crippen LogP contribution in [0, 0.1) is 0 Å². The maximum absolute atomic E-state index is 12.8. The molecule has 0 saturated carbocycles. The lowest BCUT2D eigenvalue weighted by molar-refractivity contribution is -0.144. The van der Waals surface area contributed by atoms with E-state index in [4.69, 9.17) is 9.47 Å². The molecule has 0 saturated heterocycles. The number of hydrogen-bond acceptors (Lipinski definition) is 6. The van der Waals surface area contributed by atoms with E-state index in [1.165, 1.54) is 13.0 Å². The van der Waals surface area contributed by atoms with Crippen LogP contribution < -0.4 is 15.4 Å². The van der Waals surface area contributed by atoms with Gasteiger partial charge < -0.3 is 20.1 Å². The van der Waals surface area contributed by atoms with Crippen molar-refractivity contribution < 1.29 is 28.7 Å². The van der Waals surface area contributed by atoms with Gasteiger partial charge in [0.2, 0.25) is 0 Å². The molecule has 35 heavy (non-hydrogen) atoms. The summed E-state index contributed by atoms with van der Waals surface area (Å²) < 4.78 is 10.2. The van der Waals surface area contributed by atoms with Crippen LogP contribution in [0.25, 0.3) is 6.08 Å². The standard InChI is InChI=1S/C27H24N2O6/c1-19(30)35-23-14-12-20(13-15-23)16-24(29-26(32)22-10-6-3-7-11-22)27(33)28-17-25(31)34-18-21-8-4-2-5-9-21/h2-16H,17-18H2,1H3,(H,28,33)(H,29,32)/b24-16-. The Morgan fingerprint density at radius 1 is 0.829 bits per heavy atom. The zero-order valence-corrected chi connectivity index (χ0v) is 19.0. The van der Waals surface area contributed by atoms with Gasteiger partial charge in [-0.25, -0.2) is 0 Å². The first-order valence-corrected chi connectivity index (χ1v) is 10.7. The molecular formula is C27H24N2O6. The summed E-state index contributed by atoms with van der Waals surface area (Å²) in [5.41, 5.74) is 1.67. The van der Waals surface area contributed by atoms with Gasteiger partial charge in [-0.3, -0.25) is 19.2 Å². The number of benzene rings is 3. The quantitative estimate of drug-likeness (QED) is 0.281. The van der Waals surface area contributed by atoms with E-state index in [0.29, 0.717) is 16.9 Å². The van der Waals surface area contributed by atoms with E-state index in [2.05, 4.69) is 10.6 Å². The largest absolute Gasteiger partial charge is 0.460 e. The molecule has 8 heteroatoms. The van der Waals surface area contributed by atoms with E-state index in [9.17, 15) is 19.2 Å². The molecule has 2 N–H and O–H groups in total. The van der Waals surface area contributed by atoms with Gasteiger partial charge in [0.25, 0.3) is 11.8 Å². The normalized spacial score (nSPS) is 10.7. The highest BCUT2D eigenvalue weighted by Crippen LogP contribution is 2.15. The number of hydrogen-bond donors (Lipinski definition) is 2. The Morgan fingerprint density at radius 2 is 1.46 bits per heavy atom. The van der Waals surface area contributed by atoms with Gasteiger partial charge in [0, 0.05) is 12.5 Å². The fourth-order valence-electron chi connectivity index (χ4n) is 2.94. The van der Waals surface area contributed by atoms with Crippen molar-refractivity contribution in [2.75, 3.05) is 6.54 Å². The molecule has 178 valence electrons. The van der Waals surface area contributed by atoms with E-state index in [1.54, 1.807) is 54.6 Å². The molecule has 0 spiro atoms. The second-order valence-electron chi connectivity index (χ2n) is 7.37. The highest BCUT2D eigenvalue weighted by Gasteiger charge is 2.16. The van der Waals surface area contributed by atoms with Crippen LogP contribution in [0.15, 0.2) is 90.6 Å². The predicted octanol–water partition coefficient (Wildman–Crippen LogP) is 3.24. The molecule has 3 aromatic rings. The number of nitrogens with one attached hydrogen (secondary N) is 2. The topological polar surface area (TPSA) is 111 Å². The van der Waals surface area contributed by atoms with Crippen LogP contribution >= 0.6 is 0 Å². The fraction of sp³-hybridized carbons (Fsp3) is 0.111. The third-order valence-electron chi connectivity index (χ3n) is 4.62. The first kappa shape index (κ1) is 24.9. The predicted molar refractivity (Wildman–Crippen MR) is 129 cm³/mol. The Labute approximate surface area is 202 Å². The van der Waals surface area contributed by atoms with E-state index >= 15 is 0 Å². The van der Waals surface area contributed by atoms with Crippen molar-refractivity contribution in [1.82, 2.24) is 10.6 Å². The number of carbonyl (C=O) groups excluding carboxylic acids is 4. The van der Waals surface area contributed by atoms with Gasteiger partial charge in [-0.05, 0) is 41.5 Å². The van der Waals surface area contributed by atoms with Crippen LogP contribution in [-0.2, 0) is 25.7 Å². The Balaban J connectivity index is 1.69. The molecule has 0 aliphatic heterocycles. The van der Waals surface area contributed by atoms with E-state index in [-0.39, 0.29) is 18.8 Å². The summed E-state index contributed by atoms with van der Waals surface area (Å²) >= 11 is 0. The summed E-state index contributed by atoms with van der Waals surface area (Å²) in [6.07, 6.45) is 1.45. The molecule has 0 fully saturated rings. The lowest BCUT2D eigenvalue weighted by atomic mass is 10.1. The van der Waals surface area contributed by atoms with Gasteiger partial charge in [-0.1, -0.05) is 60.7 Å². The van der Waals surface area contributed by atoms with Crippen LogP contribution in [0.2, 0.25) is 0 Å². The minimum atomic E-state index is -0.671. The van der Waals surface area contributed by atoms with Crippen molar-refractivity contribution in [3.8, 4) is 5.75 Å². The SMILES string of the molecule is CC(=O)Oc1ccc(/C=C(\NC(=O)c2ccccc2)C(=O)NCC(=O)OCc2ccccc2)cc1. The highest BCUT2D eigenvalue weighted by molar-refractivity contribution is 6.05. The van der Waals surface area contributed by atoms with Crippen molar-refractivity contribution >= 4 is 29.8 Å². The molecule has 3 aromatic carbocycles. The van der Waals surface area contributed by atoms with Gasteiger partial charge in [0.15, 0.2) is 0 Å². The smallest absolute Gasteiger partial charge is 0.325 e. The molecule has 8 nitrogen and oxygen atoms in total. The lowest BCUT2D eigenvalue weighted by Gasteiger charge is -2.11. The molecular weight excluding hydrogens is 448 g/mol. The van der Waals surface area contributed by atoms with Crippen molar-refractivity contribution in [2.24, 2.45) is 0 Å². The Morgan fingerprint density at radius 3 is 2.09 bits per heavy atom. The highest BCUT2D eigenvalue weighted by atomic mass is 16.5. The first-order valence-electron chi connectivity index (χ1n) is 10.7. The Bertz CT molecular complexity index is 1210. The Hall–Kier alpha value is -4.72. The minimum absolute atomic E-state index is 0.0741. The van der Waals surface area contributed by atoms with Gasteiger partial charge >= 0.3 is 11.9 Å². The number of esters is 2. The third-order valence-corrected chi connectivity index (χ3v) is 4.62. The average Bonchev–Trinajstić information content (AvgIpc) is 2.87. The number of ether oxygens (including phenoxy) is 2. The van der Waals surface area contributed by atoms with Crippen LogP contribution in [-0.4, -0.2) is 30.3 Å². The molecule has 0 bridgehead atoms. The summed E-state index contributed by atoms with van der Waals surface area (Å²) in [5, 5.41) is 5.05. The molecule has 2 amide bonds. The fourth-order valence-corrected chi connectivity index (χ4v) is 2.94. The molecule has 0 unspecified atom stereocenters. The number of rotatable bonds is 9. The molecule has 0 aliphatic carbocycles. The monoisotopic (exact) mass is 472 g/mol. The lowest BCUT2D eigenvalue weighted by Crippen LogP contribution is -2.37. The number of amides is 2. The van der Waals surface area contributed by atoms with E-state index in [0.717, 1.165) is 5.56 Å². The summed E-state index contributed by atoms with van der Waals surface area (Å²) in [4.78, 5) is 48.7. The molecule has 3 rings (SSSR count). The van der Waals surface area contributed by atoms with Crippen LogP contribution in [0.1, 0.15) is 28.4 Å². The van der Waals surface area contributed by atoms with Crippen molar-refractivity contribution in [1.29, 1.82) is 0 Å².